The second kappa shape index (κ2) is 7.92. The molecule has 1 amide bonds. The van der Waals surface area contributed by atoms with Crippen LogP contribution in [0.5, 0.6) is 0 Å². The summed E-state index contributed by atoms with van der Waals surface area (Å²) in [6, 6.07) is 0.475. The molecule has 0 spiro atoms. The molecule has 86 valence electrons. The van der Waals surface area contributed by atoms with Crippen molar-refractivity contribution in [2.75, 3.05) is 27.9 Å². The van der Waals surface area contributed by atoms with Crippen LogP contribution in [0, 0.1) is 6.92 Å². The minimum atomic E-state index is -2.59. The first kappa shape index (κ1) is 16.0. The van der Waals surface area contributed by atoms with E-state index in [1.165, 1.54) is 21.3 Å². The molecular weight excluding hydrogens is 469 g/mol. The summed E-state index contributed by atoms with van der Waals surface area (Å²) in [6.07, 6.45) is 0.331. The van der Waals surface area contributed by atoms with Crippen LogP contribution in [-0.4, -0.2) is 42.6 Å². The van der Waals surface area contributed by atoms with Gasteiger partial charge in [-0.05, 0) is 0 Å². The van der Waals surface area contributed by atoms with Crippen LogP contribution in [0.15, 0.2) is 0 Å². The van der Waals surface area contributed by atoms with Crippen molar-refractivity contribution in [3.63, 3.8) is 0 Å². The van der Waals surface area contributed by atoms with E-state index in [1.807, 2.05) is 0 Å². The van der Waals surface area contributed by atoms with E-state index in [1.54, 1.807) is 0 Å². The molecular formula is C8H18NO4RfSi-. The Morgan fingerprint density at radius 2 is 1.73 bits per heavy atom. The molecule has 15 heavy (non-hydrogen) atoms. The molecule has 0 aliphatic heterocycles. The van der Waals surface area contributed by atoms with Crippen LogP contribution in [0.1, 0.15) is 6.42 Å². The normalized spacial score (nSPS) is 10.7. The summed E-state index contributed by atoms with van der Waals surface area (Å²) in [7, 11) is 1.99. The molecule has 5 nitrogen and oxygen atoms in total. The van der Waals surface area contributed by atoms with Gasteiger partial charge in [0.15, 0.2) is 0 Å². The average Bonchev–Trinajstić information content (AvgIpc) is 2.21. The average molecular weight is 487 g/mol. The van der Waals surface area contributed by atoms with Crippen molar-refractivity contribution in [2.24, 2.45) is 0 Å². The van der Waals surface area contributed by atoms with E-state index in [2.05, 4.69) is 12.2 Å². The van der Waals surface area contributed by atoms with Gasteiger partial charge in [-0.25, -0.2) is 0 Å². The Balaban J connectivity index is 0. The Bertz CT molecular complexity index is 170. The fraction of sp³-hybridized carbons (Fsp3) is 0.750. The third-order valence-electron chi connectivity index (χ3n) is 1.91. The van der Waals surface area contributed by atoms with Gasteiger partial charge >= 0.3 is 8.80 Å². The zero-order valence-corrected chi connectivity index (χ0v) is 17.1. The van der Waals surface area contributed by atoms with Crippen molar-refractivity contribution in [1.82, 2.24) is 5.32 Å². The molecule has 0 atom stereocenters. The van der Waals surface area contributed by atoms with E-state index in [0.717, 1.165) is 0 Å². The van der Waals surface area contributed by atoms with Crippen LogP contribution >= 0.6 is 0 Å². The molecule has 0 radical (unpaired) electrons. The second-order valence-corrected chi connectivity index (χ2v) is 5.74. The zero-order chi connectivity index (χ0) is 11.0. The van der Waals surface area contributed by atoms with Crippen molar-refractivity contribution in [3.05, 3.63) is 6.92 Å². The van der Waals surface area contributed by atoms with E-state index in [0.29, 0.717) is 19.0 Å². The maximum absolute atomic E-state index is 11.1. The Morgan fingerprint density at radius 1 is 1.27 bits per heavy atom. The summed E-state index contributed by atoms with van der Waals surface area (Å²) in [4.78, 5) is 11.1. The Morgan fingerprint density at radius 3 is 2.07 bits per heavy atom. The molecule has 0 aromatic heterocycles. The SMILES string of the molecule is [CH2-]CNC(=O)CC[Si](OC)(OC)OC.[Rf]. The molecule has 0 aliphatic rings. The molecule has 0 aliphatic carbocycles. The number of carbonyl (C=O) groups is 1. The Kier molecular flexibility index (Phi) is 8.46. The Hall–Kier alpha value is -1.43. The molecule has 0 saturated heterocycles. The van der Waals surface area contributed by atoms with Crippen LogP contribution in [0.25, 0.3) is 0 Å². The monoisotopic (exact) mass is 487 g/mol. The maximum atomic E-state index is 11.1. The van der Waals surface area contributed by atoms with Gasteiger partial charge in [0.1, 0.15) is 0 Å². The Labute approximate surface area is 86.1 Å². The summed E-state index contributed by atoms with van der Waals surface area (Å²) in [6.45, 7) is 3.91. The van der Waals surface area contributed by atoms with Gasteiger partial charge in [0, 0.05) is 33.8 Å². The van der Waals surface area contributed by atoms with Gasteiger partial charge in [0.05, 0.1) is 0 Å². The van der Waals surface area contributed by atoms with E-state index in [4.69, 9.17) is 13.3 Å². The zero-order valence-electron chi connectivity index (χ0n) is 9.67. The van der Waals surface area contributed by atoms with E-state index >= 15 is 0 Å². The van der Waals surface area contributed by atoms with Gasteiger partial charge < -0.3 is 25.5 Å². The molecule has 0 fully saturated rings. The van der Waals surface area contributed by atoms with Gasteiger partial charge in [0.2, 0.25) is 5.91 Å². The van der Waals surface area contributed by atoms with Crippen molar-refractivity contribution in [3.8, 4) is 0 Å². The summed E-state index contributed by atoms with van der Waals surface area (Å²) >= 11 is 0. The smallest absolute Gasteiger partial charge is 0.386 e. The number of rotatable bonds is 7. The summed E-state index contributed by atoms with van der Waals surface area (Å²) in [5.74, 6) is -0.0666. The molecule has 0 bridgehead atoms. The third kappa shape index (κ3) is 5.11. The molecule has 0 rings (SSSR count). The van der Waals surface area contributed by atoms with Gasteiger partial charge in [-0.2, -0.15) is 0 Å². The summed E-state index contributed by atoms with van der Waals surface area (Å²) in [5.41, 5.74) is 0. The van der Waals surface area contributed by atoms with Gasteiger partial charge in [-0.3, -0.25) is 4.79 Å². The van der Waals surface area contributed by atoms with E-state index < -0.39 is 8.80 Å². The first-order valence-electron chi connectivity index (χ1n) is 4.35. The standard InChI is InChI=1S/C8H18NO4Si.Rf/c1-5-9-8(10)6-7-14(11-2,12-3)13-4;/h1,5-7H2,2-4H3,(H,9,10);/q-1;. The summed E-state index contributed by atoms with van der Waals surface area (Å²) < 4.78 is 15.5. The van der Waals surface area contributed by atoms with Gasteiger partial charge in [-0.1, -0.05) is 0 Å². The predicted octanol–water partition coefficient (Wildman–Crippen LogP) is 0.205. The minimum absolute atomic E-state index is 0. The van der Waals surface area contributed by atoms with Crippen molar-refractivity contribution in [2.45, 2.75) is 12.5 Å². The number of amides is 1. The maximum Gasteiger partial charge on any atom is 0.500 e. The van der Waals surface area contributed by atoms with Crippen LogP contribution in [0.2, 0.25) is 6.04 Å². The molecule has 0 aromatic rings. The predicted molar refractivity (Wildman–Crippen MR) is 54.6 cm³/mol. The number of hydrogen-bond donors (Lipinski definition) is 1. The summed E-state index contributed by atoms with van der Waals surface area (Å²) in [5, 5.41) is 2.60. The molecule has 1 N–H and O–H groups in total. The number of hydrogen-bond acceptors (Lipinski definition) is 4. The largest absolute Gasteiger partial charge is 0.500 e. The quantitative estimate of drug-likeness (QED) is 0.412. The van der Waals surface area contributed by atoms with Gasteiger partial charge in [0.25, 0.3) is 0 Å². The number of carbonyl (C=O) groups excluding carboxylic acids is 1. The van der Waals surface area contributed by atoms with Crippen LogP contribution in [-0.2, 0) is 18.1 Å². The third-order valence-corrected chi connectivity index (χ3v) is 4.64. The molecule has 0 aromatic carbocycles. The fourth-order valence-electron chi connectivity index (χ4n) is 1.05. The fourth-order valence-corrected chi connectivity index (χ4v) is 2.70. The molecule has 0 unspecified atom stereocenters. The van der Waals surface area contributed by atoms with Crippen LogP contribution in [0.3, 0.4) is 0 Å². The first-order chi connectivity index (χ1) is 6.64. The molecule has 0 heterocycles. The minimum Gasteiger partial charge on any atom is -0.386 e. The van der Waals surface area contributed by atoms with E-state index in [-0.39, 0.29) is 5.91 Å². The van der Waals surface area contributed by atoms with Crippen LogP contribution in [0.4, 0.5) is 0 Å². The number of nitrogens with one attached hydrogen (secondary N) is 1. The molecule has 0 saturated carbocycles. The van der Waals surface area contributed by atoms with Crippen molar-refractivity contribution >= 4 is 14.7 Å². The van der Waals surface area contributed by atoms with Crippen molar-refractivity contribution < 1.29 is 18.1 Å². The van der Waals surface area contributed by atoms with Crippen LogP contribution < -0.4 is 5.32 Å². The molecule has 7 heteroatoms. The van der Waals surface area contributed by atoms with Crippen molar-refractivity contribution in [1.29, 1.82) is 0 Å². The van der Waals surface area contributed by atoms with Gasteiger partial charge in [-0.15, -0.1) is 6.54 Å². The van der Waals surface area contributed by atoms with E-state index in [9.17, 15) is 4.79 Å². The first-order valence-corrected chi connectivity index (χ1v) is 6.28. The topological polar surface area (TPSA) is 56.8 Å². The second-order valence-electron chi connectivity index (χ2n) is 2.65.